The summed E-state index contributed by atoms with van der Waals surface area (Å²) in [5.74, 6) is -0.430. The van der Waals surface area contributed by atoms with Crippen LogP contribution in [0.5, 0.6) is 0 Å². The Morgan fingerprint density at radius 3 is 2.94 bits per heavy atom. The van der Waals surface area contributed by atoms with Gasteiger partial charge in [-0.2, -0.15) is 5.26 Å². The molecule has 0 saturated heterocycles. The zero-order valence-electron chi connectivity index (χ0n) is 9.59. The van der Waals surface area contributed by atoms with Gasteiger partial charge in [0.2, 0.25) is 0 Å². The van der Waals surface area contributed by atoms with Gasteiger partial charge in [0.25, 0.3) is 0 Å². The molecule has 0 aliphatic rings. The van der Waals surface area contributed by atoms with Gasteiger partial charge in [-0.1, -0.05) is 0 Å². The summed E-state index contributed by atoms with van der Waals surface area (Å²) in [6.07, 6.45) is 0.810. The highest BCUT2D eigenvalue weighted by Gasteiger charge is 2.10. The van der Waals surface area contributed by atoms with Gasteiger partial charge in [0.15, 0.2) is 5.82 Å². The zero-order valence-corrected chi connectivity index (χ0v) is 11.2. The Kier molecular flexibility index (Phi) is 5.95. The van der Waals surface area contributed by atoms with Crippen molar-refractivity contribution in [3.63, 3.8) is 0 Å². The van der Waals surface area contributed by atoms with E-state index in [0.29, 0.717) is 31.0 Å². The van der Waals surface area contributed by atoms with Crippen LogP contribution >= 0.6 is 15.9 Å². The van der Waals surface area contributed by atoms with Gasteiger partial charge in [-0.15, -0.1) is 0 Å². The minimum atomic E-state index is -0.430. The fourth-order valence-electron chi connectivity index (χ4n) is 1.31. The molecule has 0 unspecified atom stereocenters. The molecule has 1 N–H and O–H groups in total. The number of anilines is 1. The minimum absolute atomic E-state index is 0.204. The standard InChI is InChI=1S/C12H14BrFN2O/c1-2-17-7-3-6-16-10-5-4-9(8-15)11(13)12(10)14/h4-5,16H,2-3,6-7H2,1H3. The first-order valence-corrected chi connectivity index (χ1v) is 6.19. The number of nitriles is 1. The van der Waals surface area contributed by atoms with Gasteiger partial charge in [0, 0.05) is 19.8 Å². The third-order valence-corrected chi connectivity index (χ3v) is 2.96. The first-order valence-electron chi connectivity index (χ1n) is 5.40. The Morgan fingerprint density at radius 2 is 2.29 bits per heavy atom. The summed E-state index contributed by atoms with van der Waals surface area (Å²) in [7, 11) is 0. The van der Waals surface area contributed by atoms with Gasteiger partial charge in [-0.3, -0.25) is 0 Å². The predicted octanol–water partition coefficient (Wildman–Crippen LogP) is 3.30. The van der Waals surface area contributed by atoms with Crippen molar-refractivity contribution in [1.29, 1.82) is 5.26 Å². The summed E-state index contributed by atoms with van der Waals surface area (Å²) in [5, 5.41) is 11.7. The second-order valence-electron chi connectivity index (χ2n) is 3.38. The number of hydrogen-bond acceptors (Lipinski definition) is 3. The molecule has 0 radical (unpaired) electrons. The molecule has 1 rings (SSSR count). The van der Waals surface area contributed by atoms with Gasteiger partial charge in [-0.25, -0.2) is 4.39 Å². The lowest BCUT2D eigenvalue weighted by Gasteiger charge is -2.09. The number of rotatable bonds is 6. The van der Waals surface area contributed by atoms with E-state index in [0.717, 1.165) is 6.42 Å². The van der Waals surface area contributed by atoms with Crippen molar-refractivity contribution < 1.29 is 9.13 Å². The van der Waals surface area contributed by atoms with Crippen LogP contribution in [-0.2, 0) is 4.74 Å². The lowest BCUT2D eigenvalue weighted by atomic mass is 10.2. The molecule has 5 heteroatoms. The average Bonchev–Trinajstić information content (AvgIpc) is 2.34. The van der Waals surface area contributed by atoms with Crippen LogP contribution in [0.1, 0.15) is 18.9 Å². The molecule has 92 valence electrons. The molecule has 0 amide bonds. The maximum Gasteiger partial charge on any atom is 0.161 e. The Bertz CT molecular complexity index is 418. The molecule has 0 bridgehead atoms. The maximum atomic E-state index is 13.7. The van der Waals surface area contributed by atoms with Gasteiger partial charge < -0.3 is 10.1 Å². The molecule has 1 aromatic rings. The molecule has 3 nitrogen and oxygen atoms in total. The van der Waals surface area contributed by atoms with Crippen LogP contribution in [0, 0.1) is 17.1 Å². The highest BCUT2D eigenvalue weighted by Crippen LogP contribution is 2.26. The Balaban J connectivity index is 2.55. The summed E-state index contributed by atoms with van der Waals surface area (Å²) >= 11 is 3.06. The van der Waals surface area contributed by atoms with Crippen LogP contribution in [0.4, 0.5) is 10.1 Å². The van der Waals surface area contributed by atoms with Gasteiger partial charge >= 0.3 is 0 Å². The van der Waals surface area contributed by atoms with Gasteiger partial charge in [-0.05, 0) is 41.4 Å². The molecule has 1 aromatic carbocycles. The topological polar surface area (TPSA) is 45.0 Å². The van der Waals surface area contributed by atoms with Crippen molar-refractivity contribution in [2.24, 2.45) is 0 Å². The Morgan fingerprint density at radius 1 is 1.53 bits per heavy atom. The van der Waals surface area contributed by atoms with E-state index in [-0.39, 0.29) is 4.47 Å². The SMILES string of the molecule is CCOCCCNc1ccc(C#N)c(Br)c1F. The third-order valence-electron chi connectivity index (χ3n) is 2.19. The molecule has 0 fully saturated rings. The van der Waals surface area contributed by atoms with E-state index in [9.17, 15) is 4.39 Å². The molecule has 0 aromatic heterocycles. The Labute approximate surface area is 109 Å². The number of nitrogens with one attached hydrogen (secondary N) is 1. The maximum absolute atomic E-state index is 13.7. The van der Waals surface area contributed by atoms with Gasteiger partial charge in [0.1, 0.15) is 6.07 Å². The summed E-state index contributed by atoms with van der Waals surface area (Å²) in [5.41, 5.74) is 0.690. The molecular weight excluding hydrogens is 287 g/mol. The summed E-state index contributed by atoms with van der Waals surface area (Å²) in [4.78, 5) is 0. The summed E-state index contributed by atoms with van der Waals surface area (Å²) < 4.78 is 19.1. The molecule has 0 aliphatic carbocycles. The van der Waals surface area contributed by atoms with Crippen LogP contribution < -0.4 is 5.32 Å². The van der Waals surface area contributed by atoms with Crippen molar-refractivity contribution in [3.8, 4) is 6.07 Å². The van der Waals surface area contributed by atoms with Crippen LogP contribution in [0.15, 0.2) is 16.6 Å². The van der Waals surface area contributed by atoms with Crippen LogP contribution in [0.3, 0.4) is 0 Å². The van der Waals surface area contributed by atoms with Crippen molar-refractivity contribution in [2.75, 3.05) is 25.1 Å². The number of ether oxygens (including phenoxy) is 1. The fourth-order valence-corrected chi connectivity index (χ4v) is 1.75. The monoisotopic (exact) mass is 300 g/mol. The van der Waals surface area contributed by atoms with Crippen LogP contribution in [0.2, 0.25) is 0 Å². The molecule has 0 atom stereocenters. The van der Waals surface area contributed by atoms with E-state index in [1.54, 1.807) is 12.1 Å². The highest BCUT2D eigenvalue weighted by atomic mass is 79.9. The molecule has 0 saturated carbocycles. The quantitative estimate of drug-likeness (QED) is 0.820. The average molecular weight is 301 g/mol. The van der Waals surface area contributed by atoms with E-state index >= 15 is 0 Å². The van der Waals surface area contributed by atoms with Crippen LogP contribution in [0.25, 0.3) is 0 Å². The zero-order chi connectivity index (χ0) is 12.7. The second kappa shape index (κ2) is 7.25. The first-order chi connectivity index (χ1) is 8.20. The van der Waals surface area contributed by atoms with E-state index in [4.69, 9.17) is 10.00 Å². The second-order valence-corrected chi connectivity index (χ2v) is 4.17. The molecule has 0 spiro atoms. The number of halogens is 2. The highest BCUT2D eigenvalue weighted by molar-refractivity contribution is 9.10. The smallest absolute Gasteiger partial charge is 0.161 e. The third kappa shape index (κ3) is 3.99. The largest absolute Gasteiger partial charge is 0.383 e. The lowest BCUT2D eigenvalue weighted by molar-refractivity contribution is 0.147. The van der Waals surface area contributed by atoms with E-state index in [1.807, 2.05) is 13.0 Å². The van der Waals surface area contributed by atoms with E-state index in [2.05, 4.69) is 21.2 Å². The summed E-state index contributed by atoms with van der Waals surface area (Å²) in [6, 6.07) is 5.06. The molecular formula is C12H14BrFN2O. The van der Waals surface area contributed by atoms with Crippen molar-refractivity contribution >= 4 is 21.6 Å². The number of benzene rings is 1. The molecule has 17 heavy (non-hydrogen) atoms. The predicted molar refractivity (Wildman–Crippen MR) is 68.4 cm³/mol. The van der Waals surface area contributed by atoms with Crippen LogP contribution in [-0.4, -0.2) is 19.8 Å². The Hall–Kier alpha value is -1.12. The molecule has 0 aliphatic heterocycles. The van der Waals surface area contributed by atoms with E-state index in [1.165, 1.54) is 0 Å². The minimum Gasteiger partial charge on any atom is -0.383 e. The van der Waals surface area contributed by atoms with Gasteiger partial charge in [0.05, 0.1) is 15.7 Å². The molecule has 0 heterocycles. The van der Waals surface area contributed by atoms with Crippen molar-refractivity contribution in [1.82, 2.24) is 0 Å². The number of nitrogens with zero attached hydrogens (tertiary/aromatic N) is 1. The number of hydrogen-bond donors (Lipinski definition) is 1. The first kappa shape index (κ1) is 13.9. The lowest BCUT2D eigenvalue weighted by Crippen LogP contribution is -2.07. The fraction of sp³-hybridized carbons (Fsp3) is 0.417. The summed E-state index contributed by atoms with van der Waals surface area (Å²) in [6.45, 7) is 3.92. The normalized spacial score (nSPS) is 10.0. The van der Waals surface area contributed by atoms with E-state index < -0.39 is 5.82 Å². The van der Waals surface area contributed by atoms with Crippen molar-refractivity contribution in [3.05, 3.63) is 28.0 Å². The van der Waals surface area contributed by atoms with Crippen molar-refractivity contribution in [2.45, 2.75) is 13.3 Å².